The molecular formula is C11H23NOS. The molecule has 0 aromatic rings. The van der Waals surface area contributed by atoms with E-state index in [0.717, 1.165) is 18.2 Å². The lowest BCUT2D eigenvalue weighted by Gasteiger charge is -2.18. The first kappa shape index (κ1) is 12.3. The molecule has 1 heterocycles. The third kappa shape index (κ3) is 4.20. The molecular weight excluding hydrogens is 194 g/mol. The van der Waals surface area contributed by atoms with Gasteiger partial charge in [-0.25, -0.2) is 0 Å². The van der Waals surface area contributed by atoms with Gasteiger partial charge in [0, 0.05) is 23.7 Å². The van der Waals surface area contributed by atoms with Crippen LogP contribution in [0.1, 0.15) is 33.1 Å². The van der Waals surface area contributed by atoms with Crippen LogP contribution in [0.2, 0.25) is 0 Å². The van der Waals surface area contributed by atoms with Crippen LogP contribution in [-0.2, 0) is 0 Å². The maximum absolute atomic E-state index is 8.87. The summed E-state index contributed by atoms with van der Waals surface area (Å²) in [5.41, 5.74) is 0. The zero-order valence-corrected chi connectivity index (χ0v) is 10.1. The molecule has 1 saturated heterocycles. The van der Waals surface area contributed by atoms with Crippen LogP contribution in [0.25, 0.3) is 0 Å². The van der Waals surface area contributed by atoms with Crippen LogP contribution >= 0.6 is 11.8 Å². The fraction of sp³-hybridized carbons (Fsp3) is 1.00. The average Bonchev–Trinajstić information content (AvgIpc) is 2.59. The van der Waals surface area contributed by atoms with E-state index < -0.39 is 0 Å². The Kier molecular flexibility index (Phi) is 5.90. The molecule has 84 valence electrons. The van der Waals surface area contributed by atoms with E-state index in [2.05, 4.69) is 30.9 Å². The largest absolute Gasteiger partial charge is 0.396 e. The molecule has 1 fully saturated rings. The summed E-state index contributed by atoms with van der Waals surface area (Å²) in [6.07, 6.45) is 3.42. The maximum Gasteiger partial charge on any atom is 0.0434 e. The Morgan fingerprint density at radius 3 is 2.86 bits per heavy atom. The molecule has 3 unspecified atom stereocenters. The lowest BCUT2D eigenvalue weighted by atomic mass is 10.0. The summed E-state index contributed by atoms with van der Waals surface area (Å²) in [6.45, 7) is 5.91. The van der Waals surface area contributed by atoms with Crippen LogP contribution in [0.5, 0.6) is 0 Å². The van der Waals surface area contributed by atoms with Crippen LogP contribution in [0.4, 0.5) is 0 Å². The molecule has 3 atom stereocenters. The summed E-state index contributed by atoms with van der Waals surface area (Å²) in [4.78, 5) is 0. The molecule has 2 N–H and O–H groups in total. The van der Waals surface area contributed by atoms with Gasteiger partial charge in [-0.3, -0.25) is 0 Å². The van der Waals surface area contributed by atoms with E-state index in [1.807, 2.05) is 0 Å². The first-order valence-corrected chi connectivity index (χ1v) is 6.77. The van der Waals surface area contributed by atoms with Gasteiger partial charge in [0.15, 0.2) is 0 Å². The summed E-state index contributed by atoms with van der Waals surface area (Å²) in [7, 11) is 0. The highest BCUT2D eigenvalue weighted by molar-refractivity contribution is 8.00. The normalized spacial score (nSPS) is 29.4. The third-order valence-electron chi connectivity index (χ3n) is 3.01. The lowest BCUT2D eigenvalue weighted by Crippen LogP contribution is -2.33. The van der Waals surface area contributed by atoms with Crippen molar-refractivity contribution in [2.75, 3.05) is 18.9 Å². The highest BCUT2D eigenvalue weighted by Gasteiger charge is 2.21. The second-order valence-corrected chi connectivity index (χ2v) is 5.74. The first-order valence-electron chi connectivity index (χ1n) is 5.72. The zero-order chi connectivity index (χ0) is 10.4. The topological polar surface area (TPSA) is 32.3 Å². The fourth-order valence-corrected chi connectivity index (χ4v) is 3.11. The van der Waals surface area contributed by atoms with E-state index >= 15 is 0 Å². The highest BCUT2D eigenvalue weighted by atomic mass is 32.2. The molecule has 0 spiro atoms. The van der Waals surface area contributed by atoms with Crippen molar-refractivity contribution in [3.63, 3.8) is 0 Å². The van der Waals surface area contributed by atoms with Crippen molar-refractivity contribution < 1.29 is 5.11 Å². The van der Waals surface area contributed by atoms with E-state index in [1.54, 1.807) is 0 Å². The van der Waals surface area contributed by atoms with Gasteiger partial charge in [0.1, 0.15) is 0 Å². The summed E-state index contributed by atoms with van der Waals surface area (Å²) < 4.78 is 0. The molecule has 1 rings (SSSR count). The van der Waals surface area contributed by atoms with Gasteiger partial charge >= 0.3 is 0 Å². The smallest absolute Gasteiger partial charge is 0.0434 e. The number of aliphatic hydroxyl groups excluding tert-OH is 1. The van der Waals surface area contributed by atoms with Crippen LogP contribution in [-0.4, -0.2) is 35.3 Å². The summed E-state index contributed by atoms with van der Waals surface area (Å²) in [5.74, 6) is 1.91. The highest BCUT2D eigenvalue weighted by Crippen LogP contribution is 2.26. The summed E-state index contributed by atoms with van der Waals surface area (Å²) in [6, 6.07) is 0.711. The molecule has 1 aliphatic rings. The van der Waals surface area contributed by atoms with Gasteiger partial charge in [-0.15, -0.1) is 0 Å². The van der Waals surface area contributed by atoms with Gasteiger partial charge in [0.25, 0.3) is 0 Å². The maximum atomic E-state index is 8.87. The SMILES string of the molecule is CCC(CCO)CNC1CSC(C)C1. The number of aliphatic hydroxyl groups is 1. The molecule has 1 aliphatic heterocycles. The van der Waals surface area contributed by atoms with Gasteiger partial charge in [-0.05, 0) is 25.3 Å². The Morgan fingerprint density at radius 1 is 1.57 bits per heavy atom. The van der Waals surface area contributed by atoms with E-state index in [-0.39, 0.29) is 0 Å². The van der Waals surface area contributed by atoms with Crippen molar-refractivity contribution in [1.29, 1.82) is 0 Å². The Labute approximate surface area is 91.9 Å². The second-order valence-electron chi connectivity index (χ2n) is 4.27. The average molecular weight is 217 g/mol. The molecule has 3 heteroatoms. The van der Waals surface area contributed by atoms with Crippen molar-refractivity contribution in [3.05, 3.63) is 0 Å². The van der Waals surface area contributed by atoms with Crippen LogP contribution < -0.4 is 5.32 Å². The Bertz CT molecular complexity index is 150. The van der Waals surface area contributed by atoms with Crippen molar-refractivity contribution in [1.82, 2.24) is 5.32 Å². The Balaban J connectivity index is 2.12. The lowest BCUT2D eigenvalue weighted by molar-refractivity contribution is 0.249. The van der Waals surface area contributed by atoms with Crippen LogP contribution in [0.3, 0.4) is 0 Å². The Hall–Kier alpha value is 0.270. The van der Waals surface area contributed by atoms with Crippen LogP contribution in [0.15, 0.2) is 0 Å². The van der Waals surface area contributed by atoms with Crippen LogP contribution in [0, 0.1) is 5.92 Å². The summed E-state index contributed by atoms with van der Waals surface area (Å²) >= 11 is 2.07. The number of nitrogens with one attached hydrogen (secondary N) is 1. The van der Waals surface area contributed by atoms with Gasteiger partial charge < -0.3 is 10.4 Å². The van der Waals surface area contributed by atoms with E-state index in [0.29, 0.717) is 18.6 Å². The molecule has 0 aromatic carbocycles. The third-order valence-corrected chi connectivity index (χ3v) is 4.36. The number of hydrogen-bond acceptors (Lipinski definition) is 3. The molecule has 14 heavy (non-hydrogen) atoms. The van der Waals surface area contributed by atoms with Crippen molar-refractivity contribution in [3.8, 4) is 0 Å². The molecule has 0 bridgehead atoms. The van der Waals surface area contributed by atoms with Gasteiger partial charge in [-0.1, -0.05) is 20.3 Å². The van der Waals surface area contributed by atoms with E-state index in [4.69, 9.17) is 5.11 Å². The minimum absolute atomic E-state index is 0.329. The number of rotatable bonds is 6. The minimum atomic E-state index is 0.329. The second kappa shape index (κ2) is 6.70. The standard InChI is InChI=1S/C11H23NOS/c1-3-10(4-5-13)7-12-11-6-9(2)14-8-11/h9-13H,3-8H2,1-2H3. The Morgan fingerprint density at radius 2 is 2.36 bits per heavy atom. The van der Waals surface area contributed by atoms with Crippen molar-refractivity contribution >= 4 is 11.8 Å². The minimum Gasteiger partial charge on any atom is -0.396 e. The molecule has 0 aromatic heterocycles. The van der Waals surface area contributed by atoms with Crippen molar-refractivity contribution in [2.45, 2.75) is 44.4 Å². The molecule has 0 radical (unpaired) electrons. The monoisotopic (exact) mass is 217 g/mol. The van der Waals surface area contributed by atoms with E-state index in [9.17, 15) is 0 Å². The number of hydrogen-bond donors (Lipinski definition) is 2. The first-order chi connectivity index (χ1) is 6.76. The van der Waals surface area contributed by atoms with Gasteiger partial charge in [0.05, 0.1) is 0 Å². The fourth-order valence-electron chi connectivity index (χ4n) is 1.93. The summed E-state index contributed by atoms with van der Waals surface area (Å²) in [5, 5.41) is 13.3. The predicted molar refractivity (Wildman–Crippen MR) is 63.8 cm³/mol. The molecule has 0 saturated carbocycles. The molecule has 0 amide bonds. The van der Waals surface area contributed by atoms with Gasteiger partial charge in [-0.2, -0.15) is 11.8 Å². The molecule has 2 nitrogen and oxygen atoms in total. The zero-order valence-electron chi connectivity index (χ0n) is 9.33. The quantitative estimate of drug-likeness (QED) is 0.712. The number of thioether (sulfide) groups is 1. The van der Waals surface area contributed by atoms with Gasteiger partial charge in [0.2, 0.25) is 0 Å². The van der Waals surface area contributed by atoms with Crippen molar-refractivity contribution in [2.24, 2.45) is 5.92 Å². The predicted octanol–water partition coefficient (Wildman–Crippen LogP) is 1.88. The van der Waals surface area contributed by atoms with E-state index in [1.165, 1.54) is 18.6 Å². The molecule has 0 aliphatic carbocycles.